The van der Waals surface area contributed by atoms with Crippen molar-refractivity contribution in [2.45, 2.75) is 86.4 Å². The summed E-state index contributed by atoms with van der Waals surface area (Å²) in [6, 6.07) is 0.330. The first-order valence-electron chi connectivity index (χ1n) is 10.7. The molecule has 5 unspecified atom stereocenters. The van der Waals surface area contributed by atoms with Crippen molar-refractivity contribution in [1.29, 1.82) is 0 Å². The Morgan fingerprint density at radius 3 is 2.60 bits per heavy atom. The van der Waals surface area contributed by atoms with Crippen molar-refractivity contribution >= 4 is 23.7 Å². The van der Waals surface area contributed by atoms with Gasteiger partial charge in [-0.15, -0.1) is 0 Å². The summed E-state index contributed by atoms with van der Waals surface area (Å²) in [5.74, 6) is 0.903. The Balaban J connectivity index is 1.24. The average Bonchev–Trinajstić information content (AvgIpc) is 3.27. The number of hydrogen-bond acceptors (Lipinski definition) is 8. The lowest BCUT2D eigenvalue weighted by atomic mass is 9.93. The summed E-state index contributed by atoms with van der Waals surface area (Å²) in [7, 11) is 0. The zero-order valence-corrected chi connectivity index (χ0v) is 17.7. The molecule has 0 radical (unpaired) electrons. The quantitative estimate of drug-likeness (QED) is 0.157. The van der Waals surface area contributed by atoms with Crippen molar-refractivity contribution < 1.29 is 34.8 Å². The number of hydrogen-bond donors (Lipinski definition) is 7. The maximum atomic E-state index is 12.0. The van der Waals surface area contributed by atoms with E-state index in [1.807, 2.05) is 11.8 Å². The van der Waals surface area contributed by atoms with E-state index in [1.165, 1.54) is 0 Å². The fraction of sp³-hybridized carbons (Fsp3) is 0.895. The predicted octanol–water partition coefficient (Wildman–Crippen LogP) is -1.55. The second-order valence-electron chi connectivity index (χ2n) is 8.23. The average molecular weight is 448 g/mol. The highest BCUT2D eigenvalue weighted by molar-refractivity contribution is 8.00. The molecule has 8 atom stereocenters. The summed E-state index contributed by atoms with van der Waals surface area (Å²) < 4.78 is 5.45. The Morgan fingerprint density at radius 2 is 1.83 bits per heavy atom. The highest BCUT2D eigenvalue weighted by atomic mass is 32.2. The second kappa shape index (κ2) is 11.0. The van der Waals surface area contributed by atoms with Crippen LogP contribution in [0.1, 0.15) is 38.5 Å². The Morgan fingerprint density at radius 1 is 1.07 bits per heavy atom. The first kappa shape index (κ1) is 23.6. The third-order valence-corrected chi connectivity index (χ3v) is 7.57. The molecule has 0 aliphatic carbocycles. The van der Waals surface area contributed by atoms with Crippen LogP contribution in [0.4, 0.5) is 4.79 Å². The topological polar surface area (TPSA) is 160 Å². The van der Waals surface area contributed by atoms with E-state index in [0.717, 1.165) is 25.0 Å². The van der Waals surface area contributed by atoms with Crippen LogP contribution in [0, 0.1) is 0 Å². The van der Waals surface area contributed by atoms with Gasteiger partial charge in [0.05, 0.1) is 24.8 Å². The maximum Gasteiger partial charge on any atom is 0.315 e. The molecule has 3 saturated heterocycles. The molecule has 3 heterocycles. The van der Waals surface area contributed by atoms with Gasteiger partial charge in [0.25, 0.3) is 0 Å². The second-order valence-corrected chi connectivity index (χ2v) is 9.50. The highest BCUT2D eigenvalue weighted by Gasteiger charge is 2.43. The van der Waals surface area contributed by atoms with Gasteiger partial charge in [-0.2, -0.15) is 11.8 Å². The fourth-order valence-corrected chi connectivity index (χ4v) is 5.85. The number of urea groups is 1. The third kappa shape index (κ3) is 5.77. The fourth-order valence-electron chi connectivity index (χ4n) is 4.31. The van der Waals surface area contributed by atoms with Crippen LogP contribution in [-0.4, -0.2) is 99.1 Å². The maximum absolute atomic E-state index is 12.0. The van der Waals surface area contributed by atoms with Crippen molar-refractivity contribution in [2.24, 2.45) is 0 Å². The van der Waals surface area contributed by atoms with Crippen LogP contribution in [0.15, 0.2) is 0 Å². The molecule has 7 N–H and O–H groups in total. The molecule has 3 aliphatic heterocycles. The first-order valence-corrected chi connectivity index (χ1v) is 11.7. The highest BCUT2D eigenvalue weighted by Crippen LogP contribution is 2.33. The van der Waals surface area contributed by atoms with Gasteiger partial charge < -0.3 is 41.1 Å². The molecule has 30 heavy (non-hydrogen) atoms. The minimum absolute atomic E-state index is 0.0309. The largest absolute Gasteiger partial charge is 0.394 e. The Bertz CT molecular complexity index is 596. The molecule has 11 heteroatoms. The van der Waals surface area contributed by atoms with Gasteiger partial charge in [0, 0.05) is 24.0 Å². The van der Waals surface area contributed by atoms with Crippen molar-refractivity contribution in [3.63, 3.8) is 0 Å². The molecule has 3 fully saturated rings. The van der Waals surface area contributed by atoms with E-state index < -0.39 is 37.1 Å². The number of aliphatic hydroxyl groups is 4. The molecule has 10 nitrogen and oxygen atoms in total. The van der Waals surface area contributed by atoms with Crippen LogP contribution >= 0.6 is 11.8 Å². The third-order valence-electron chi connectivity index (χ3n) is 6.06. The van der Waals surface area contributed by atoms with Crippen LogP contribution in [0.25, 0.3) is 0 Å². The minimum Gasteiger partial charge on any atom is -0.394 e. The van der Waals surface area contributed by atoms with E-state index in [-0.39, 0.29) is 24.0 Å². The summed E-state index contributed by atoms with van der Waals surface area (Å²) >= 11 is 1.87. The summed E-state index contributed by atoms with van der Waals surface area (Å²) in [5.41, 5.74) is 0. The lowest BCUT2D eigenvalue weighted by Crippen LogP contribution is -2.58. The summed E-state index contributed by atoms with van der Waals surface area (Å²) in [6.07, 6.45) is -1.48. The summed E-state index contributed by atoms with van der Waals surface area (Å²) in [6.45, 7) is -0.0182. The number of unbranched alkanes of at least 4 members (excludes halogenated alkanes) is 1. The number of carbonyl (C=O) groups is 2. The zero-order chi connectivity index (χ0) is 21.7. The van der Waals surface area contributed by atoms with Gasteiger partial charge >= 0.3 is 6.03 Å². The molecular weight excluding hydrogens is 414 g/mol. The van der Waals surface area contributed by atoms with E-state index in [9.17, 15) is 30.0 Å². The molecule has 3 rings (SSSR count). The predicted molar refractivity (Wildman–Crippen MR) is 110 cm³/mol. The van der Waals surface area contributed by atoms with Gasteiger partial charge in [-0.25, -0.2) is 4.79 Å². The lowest BCUT2D eigenvalue weighted by molar-refractivity contribution is -0.230. The van der Waals surface area contributed by atoms with E-state index >= 15 is 0 Å². The molecular formula is C19H33N3O7S. The number of nitrogens with one attached hydrogen (secondary N) is 3. The Kier molecular flexibility index (Phi) is 8.61. The number of rotatable bonds is 10. The van der Waals surface area contributed by atoms with Crippen molar-refractivity contribution in [3.05, 3.63) is 0 Å². The number of carbonyl (C=O) groups excluding carboxylic acids is 2. The minimum atomic E-state index is -1.36. The number of aliphatic hydroxyl groups excluding tert-OH is 4. The van der Waals surface area contributed by atoms with Crippen LogP contribution < -0.4 is 16.0 Å². The molecule has 0 aromatic carbocycles. The first-order chi connectivity index (χ1) is 14.4. The van der Waals surface area contributed by atoms with Gasteiger partial charge in [-0.3, -0.25) is 4.79 Å². The molecule has 0 aromatic heterocycles. The molecule has 3 amide bonds. The van der Waals surface area contributed by atoms with Gasteiger partial charge in [0.15, 0.2) is 0 Å². The molecule has 0 aromatic rings. The molecule has 3 aliphatic rings. The SMILES string of the molecule is O=C(CCCC[C@@H]1SC[C@@H]2NC(=O)N[C@@H]21)NCCCC1OC(CO)C(O)C(O)C1O. The number of fused-ring (bicyclic) bond motifs is 1. The van der Waals surface area contributed by atoms with E-state index in [1.54, 1.807) is 0 Å². The van der Waals surface area contributed by atoms with Gasteiger partial charge in [-0.1, -0.05) is 6.42 Å². The normalized spacial score (nSPS) is 38.1. The van der Waals surface area contributed by atoms with Gasteiger partial charge in [0.2, 0.25) is 5.91 Å². The molecule has 0 saturated carbocycles. The monoisotopic (exact) mass is 447 g/mol. The number of ether oxygens (including phenoxy) is 1. The summed E-state index contributed by atoms with van der Waals surface area (Å²) in [5, 5.41) is 47.9. The molecule has 172 valence electrons. The lowest BCUT2D eigenvalue weighted by Gasteiger charge is -2.40. The van der Waals surface area contributed by atoms with Crippen molar-refractivity contribution in [1.82, 2.24) is 16.0 Å². The van der Waals surface area contributed by atoms with Crippen molar-refractivity contribution in [2.75, 3.05) is 18.9 Å². The smallest absolute Gasteiger partial charge is 0.315 e. The van der Waals surface area contributed by atoms with Crippen LogP contribution in [-0.2, 0) is 9.53 Å². The molecule has 0 spiro atoms. The number of thioether (sulfide) groups is 1. The van der Waals surface area contributed by atoms with Crippen molar-refractivity contribution in [3.8, 4) is 0 Å². The van der Waals surface area contributed by atoms with Crippen LogP contribution in [0.3, 0.4) is 0 Å². The zero-order valence-electron chi connectivity index (χ0n) is 16.9. The Labute approximate surface area is 180 Å². The van der Waals surface area contributed by atoms with E-state index in [0.29, 0.717) is 31.1 Å². The Hall–Kier alpha value is -1.11. The molecule has 0 bridgehead atoms. The van der Waals surface area contributed by atoms with Gasteiger partial charge in [0.1, 0.15) is 24.4 Å². The van der Waals surface area contributed by atoms with E-state index in [4.69, 9.17) is 4.74 Å². The van der Waals surface area contributed by atoms with Crippen LogP contribution in [0.5, 0.6) is 0 Å². The summed E-state index contributed by atoms with van der Waals surface area (Å²) in [4.78, 5) is 23.4. The van der Waals surface area contributed by atoms with E-state index in [2.05, 4.69) is 16.0 Å². The standard InChI is InChI=1S/C19H33N3O7S/c23-8-12-17(26)18(27)16(25)11(29-12)4-3-7-20-14(24)6-2-1-5-13-15-10(9-30-13)21-19(28)22-15/h10-13,15-18,23,25-27H,1-9H2,(H,20,24)(H2,21,22,28)/t10-,11?,12?,13-,15-,16?,17?,18?/m0/s1. The van der Waals surface area contributed by atoms with Gasteiger partial charge in [-0.05, 0) is 25.7 Å². The number of amides is 3. The van der Waals surface area contributed by atoms with Crippen LogP contribution in [0.2, 0.25) is 0 Å².